The van der Waals surface area contributed by atoms with Gasteiger partial charge in [-0.1, -0.05) is 12.8 Å². The normalized spacial score (nSPS) is 29.6. The minimum Gasteiger partial charge on any atom is -0.390 e. The Morgan fingerprint density at radius 1 is 1.21 bits per heavy atom. The number of hydrogen-bond acceptors (Lipinski definition) is 2. The van der Waals surface area contributed by atoms with Crippen molar-refractivity contribution in [2.45, 2.75) is 50.5 Å². The van der Waals surface area contributed by atoms with Crippen LogP contribution in [0, 0.1) is 5.92 Å². The van der Waals surface area contributed by atoms with Crippen LogP contribution in [0.1, 0.15) is 44.9 Å². The molecule has 0 atom stereocenters. The molecule has 2 fully saturated rings. The molecule has 0 bridgehead atoms. The van der Waals surface area contributed by atoms with Crippen LogP contribution >= 0.6 is 0 Å². The van der Waals surface area contributed by atoms with Gasteiger partial charge in [0, 0.05) is 0 Å². The zero-order valence-electron chi connectivity index (χ0n) is 9.34. The minimum absolute atomic E-state index is 0.277. The molecule has 2 rings (SSSR count). The second kappa shape index (κ2) is 4.19. The fraction of sp³-hybridized carbons (Fsp3) is 1.00. The molecule has 1 saturated carbocycles. The lowest BCUT2D eigenvalue weighted by Crippen LogP contribution is -2.35. The Balaban J connectivity index is 1.79. The Labute approximate surface area is 87.3 Å². The first kappa shape index (κ1) is 10.4. The van der Waals surface area contributed by atoms with Crippen LogP contribution in [0.25, 0.3) is 0 Å². The van der Waals surface area contributed by atoms with Crippen molar-refractivity contribution in [2.24, 2.45) is 5.92 Å². The number of hydrogen-bond donors (Lipinski definition) is 1. The van der Waals surface area contributed by atoms with Crippen molar-refractivity contribution >= 4 is 0 Å². The largest absolute Gasteiger partial charge is 0.390 e. The second-order valence-corrected chi connectivity index (χ2v) is 5.38. The predicted octanol–water partition coefficient (Wildman–Crippen LogP) is 2.02. The predicted molar refractivity (Wildman–Crippen MR) is 58.3 cm³/mol. The van der Waals surface area contributed by atoms with Crippen molar-refractivity contribution in [3.63, 3.8) is 0 Å². The Bertz CT molecular complexity index is 179. The van der Waals surface area contributed by atoms with E-state index in [9.17, 15) is 5.11 Å². The van der Waals surface area contributed by atoms with Gasteiger partial charge in [-0.2, -0.15) is 0 Å². The lowest BCUT2D eigenvalue weighted by atomic mass is 9.84. The van der Waals surface area contributed by atoms with Gasteiger partial charge in [-0.05, 0) is 58.2 Å². The molecular formula is C12H23NO. The molecule has 1 saturated heterocycles. The van der Waals surface area contributed by atoms with Gasteiger partial charge in [0.2, 0.25) is 0 Å². The summed E-state index contributed by atoms with van der Waals surface area (Å²) in [6.07, 6.45) is 8.24. The molecule has 0 unspecified atom stereocenters. The molecule has 1 aliphatic carbocycles. The third kappa shape index (κ3) is 2.48. The first-order chi connectivity index (χ1) is 6.68. The smallest absolute Gasteiger partial charge is 0.0650 e. The van der Waals surface area contributed by atoms with Crippen LogP contribution in [0.15, 0.2) is 0 Å². The van der Waals surface area contributed by atoms with E-state index in [4.69, 9.17) is 0 Å². The molecule has 0 aromatic carbocycles. The highest BCUT2D eigenvalue weighted by molar-refractivity contribution is 4.87. The molecule has 2 aliphatic rings. The van der Waals surface area contributed by atoms with Gasteiger partial charge in [0.25, 0.3) is 0 Å². The molecule has 14 heavy (non-hydrogen) atoms. The highest BCUT2D eigenvalue weighted by Crippen LogP contribution is 2.37. The number of nitrogens with zero attached hydrogens (tertiary/aromatic N) is 1. The van der Waals surface area contributed by atoms with Gasteiger partial charge in [-0.25, -0.2) is 0 Å². The van der Waals surface area contributed by atoms with Gasteiger partial charge in [0.05, 0.1) is 5.60 Å². The highest BCUT2D eigenvalue weighted by atomic mass is 16.3. The number of rotatable bonds is 2. The summed E-state index contributed by atoms with van der Waals surface area (Å²) in [5, 5.41) is 10.3. The van der Waals surface area contributed by atoms with E-state index in [0.717, 1.165) is 25.2 Å². The molecule has 0 amide bonds. The van der Waals surface area contributed by atoms with Crippen LogP contribution in [0.5, 0.6) is 0 Å². The van der Waals surface area contributed by atoms with Gasteiger partial charge in [0.15, 0.2) is 0 Å². The Kier molecular flexibility index (Phi) is 3.13. The van der Waals surface area contributed by atoms with E-state index in [2.05, 4.69) is 11.9 Å². The number of piperidine rings is 1. The van der Waals surface area contributed by atoms with E-state index >= 15 is 0 Å². The molecule has 0 spiro atoms. The Morgan fingerprint density at radius 2 is 1.79 bits per heavy atom. The highest BCUT2D eigenvalue weighted by Gasteiger charge is 2.34. The number of aliphatic hydroxyl groups is 1. The summed E-state index contributed by atoms with van der Waals surface area (Å²) in [6.45, 7) is 2.45. The number of likely N-dealkylation sites (tertiary alicyclic amines) is 1. The first-order valence-corrected chi connectivity index (χ1v) is 6.09. The summed E-state index contributed by atoms with van der Waals surface area (Å²) in [6, 6.07) is 0. The van der Waals surface area contributed by atoms with E-state index < -0.39 is 0 Å². The van der Waals surface area contributed by atoms with E-state index in [1.54, 1.807) is 0 Å². The quantitative estimate of drug-likeness (QED) is 0.732. The summed E-state index contributed by atoms with van der Waals surface area (Å²) in [7, 11) is 2.19. The lowest BCUT2D eigenvalue weighted by Gasteiger charge is -2.33. The van der Waals surface area contributed by atoms with Crippen molar-refractivity contribution in [3.8, 4) is 0 Å². The summed E-state index contributed by atoms with van der Waals surface area (Å²) >= 11 is 0. The van der Waals surface area contributed by atoms with Gasteiger partial charge in [-0.15, -0.1) is 0 Å². The minimum atomic E-state index is -0.277. The Morgan fingerprint density at radius 3 is 2.36 bits per heavy atom. The molecule has 2 heteroatoms. The van der Waals surface area contributed by atoms with E-state index in [-0.39, 0.29) is 5.60 Å². The fourth-order valence-corrected chi connectivity index (χ4v) is 3.04. The monoisotopic (exact) mass is 197 g/mol. The van der Waals surface area contributed by atoms with Crippen LogP contribution in [-0.2, 0) is 0 Å². The third-order valence-electron chi connectivity index (χ3n) is 4.04. The molecule has 2 nitrogen and oxygen atoms in total. The maximum absolute atomic E-state index is 10.3. The van der Waals surface area contributed by atoms with E-state index in [0.29, 0.717) is 0 Å². The lowest BCUT2D eigenvalue weighted by molar-refractivity contribution is 0.0124. The molecule has 82 valence electrons. The summed E-state index contributed by atoms with van der Waals surface area (Å²) < 4.78 is 0. The van der Waals surface area contributed by atoms with Crippen LogP contribution in [0.2, 0.25) is 0 Å². The van der Waals surface area contributed by atoms with Crippen LogP contribution in [0.4, 0.5) is 0 Å². The molecular weight excluding hydrogens is 174 g/mol. The van der Waals surface area contributed by atoms with Crippen molar-refractivity contribution in [3.05, 3.63) is 0 Å². The molecule has 1 N–H and O–H groups in total. The SMILES string of the molecule is CN1CCC(CC2(O)CCCC2)CC1. The van der Waals surface area contributed by atoms with Gasteiger partial charge >= 0.3 is 0 Å². The average Bonchev–Trinajstić information content (AvgIpc) is 2.57. The van der Waals surface area contributed by atoms with E-state index in [1.165, 1.54) is 38.8 Å². The van der Waals surface area contributed by atoms with Crippen LogP contribution in [-0.4, -0.2) is 35.7 Å². The first-order valence-electron chi connectivity index (χ1n) is 6.09. The topological polar surface area (TPSA) is 23.5 Å². The molecule has 0 aromatic heterocycles. The molecule has 1 aliphatic heterocycles. The molecule has 0 radical (unpaired) electrons. The van der Waals surface area contributed by atoms with Gasteiger partial charge < -0.3 is 10.0 Å². The molecule has 1 heterocycles. The van der Waals surface area contributed by atoms with Crippen LogP contribution in [0.3, 0.4) is 0 Å². The van der Waals surface area contributed by atoms with Gasteiger partial charge in [0.1, 0.15) is 0 Å². The zero-order valence-corrected chi connectivity index (χ0v) is 9.34. The summed E-state index contributed by atoms with van der Waals surface area (Å²) in [5.74, 6) is 0.786. The second-order valence-electron chi connectivity index (χ2n) is 5.38. The van der Waals surface area contributed by atoms with E-state index in [1.807, 2.05) is 0 Å². The standard InChI is InChI=1S/C12H23NO/c1-13-8-4-11(5-9-13)10-12(14)6-2-3-7-12/h11,14H,2-10H2,1H3. The van der Waals surface area contributed by atoms with Crippen molar-refractivity contribution < 1.29 is 5.11 Å². The van der Waals surface area contributed by atoms with Crippen molar-refractivity contribution in [1.82, 2.24) is 4.90 Å². The maximum atomic E-state index is 10.3. The Hall–Kier alpha value is -0.0800. The van der Waals surface area contributed by atoms with Crippen LogP contribution < -0.4 is 0 Å². The van der Waals surface area contributed by atoms with Gasteiger partial charge in [-0.3, -0.25) is 0 Å². The molecule has 0 aromatic rings. The third-order valence-corrected chi connectivity index (χ3v) is 4.04. The summed E-state index contributed by atoms with van der Waals surface area (Å²) in [4.78, 5) is 2.40. The average molecular weight is 197 g/mol. The summed E-state index contributed by atoms with van der Waals surface area (Å²) in [5.41, 5.74) is -0.277. The fourth-order valence-electron chi connectivity index (χ4n) is 3.04. The van der Waals surface area contributed by atoms with Crippen molar-refractivity contribution in [1.29, 1.82) is 0 Å². The zero-order chi connectivity index (χ0) is 10.0. The maximum Gasteiger partial charge on any atom is 0.0650 e. The van der Waals surface area contributed by atoms with Crippen molar-refractivity contribution in [2.75, 3.05) is 20.1 Å².